The summed E-state index contributed by atoms with van der Waals surface area (Å²) >= 11 is 7.12. The minimum Gasteiger partial charge on any atom is -0.863 e. The topological polar surface area (TPSA) is 190 Å². The van der Waals surface area contributed by atoms with Crippen molar-refractivity contribution in [2.24, 2.45) is 5.16 Å². The van der Waals surface area contributed by atoms with Crippen molar-refractivity contribution in [3.63, 3.8) is 0 Å². The molecule has 0 radical (unpaired) electrons. The maximum atomic E-state index is 12.7. The normalized spacial score (nSPS) is 20.8. The van der Waals surface area contributed by atoms with Crippen molar-refractivity contribution in [1.29, 1.82) is 0 Å². The van der Waals surface area contributed by atoms with Gasteiger partial charge in [0.1, 0.15) is 17.1 Å². The molecule has 5 N–H and O–H groups in total. The second kappa shape index (κ2) is 10.8. The zero-order chi connectivity index (χ0) is 22.9. The number of nitrogens with two attached hydrogens (primary N) is 1. The summed E-state index contributed by atoms with van der Waals surface area (Å²) < 4.78 is 24.8. The molecule has 2 amide bonds. The van der Waals surface area contributed by atoms with E-state index in [1.165, 1.54) is 22.0 Å². The molecule has 1 aromatic rings. The van der Waals surface area contributed by atoms with Crippen molar-refractivity contribution in [2.75, 3.05) is 24.3 Å². The Labute approximate surface area is 219 Å². The number of amides is 2. The first-order valence-electron chi connectivity index (χ1n) is 8.60. The smallest absolute Gasteiger partial charge is 0.863 e. The average molecular weight is 529 g/mol. The molecular weight excluding hydrogens is 511 g/mol. The van der Waals surface area contributed by atoms with Crippen LogP contribution in [0.25, 0.3) is 0 Å². The van der Waals surface area contributed by atoms with Crippen molar-refractivity contribution < 1.29 is 57.9 Å². The summed E-state index contributed by atoms with van der Waals surface area (Å²) in [4.78, 5) is 30.3. The van der Waals surface area contributed by atoms with Gasteiger partial charge in [0.15, 0.2) is 10.8 Å². The van der Waals surface area contributed by atoms with E-state index in [4.69, 9.17) is 18.0 Å². The number of aromatic nitrogens is 1. The molecule has 3 rings (SSSR count). The molecule has 0 saturated carbocycles. The fourth-order valence-corrected chi connectivity index (χ4v) is 5.72. The van der Waals surface area contributed by atoms with Crippen LogP contribution in [-0.2, 0) is 19.6 Å². The summed E-state index contributed by atoms with van der Waals surface area (Å²) in [6.45, 7) is 0.0563. The minimum absolute atomic E-state index is 0. The van der Waals surface area contributed by atoms with E-state index >= 15 is 0 Å². The number of fused-ring (bicyclic) bond motifs is 1. The molecule has 168 valence electrons. The molecule has 0 spiro atoms. The number of thiocarbonyl (C=S) groups is 1. The zero-order valence-electron chi connectivity index (χ0n) is 16.9. The number of nitrogens with one attached hydrogen (secondary N) is 2. The van der Waals surface area contributed by atoms with Gasteiger partial charge in [-0.3, -0.25) is 14.5 Å². The van der Waals surface area contributed by atoms with Crippen molar-refractivity contribution in [3.05, 3.63) is 22.3 Å². The Balaban J connectivity index is 0.00000363. The van der Waals surface area contributed by atoms with Gasteiger partial charge in [0.2, 0.25) is 10.0 Å². The molecule has 32 heavy (non-hydrogen) atoms. The average Bonchev–Trinajstić information content (AvgIpc) is 3.10. The molecule has 1 unspecified atom stereocenters. The number of anilines is 1. The van der Waals surface area contributed by atoms with Crippen LogP contribution in [0, 0.1) is 0 Å². The molecule has 0 aromatic carbocycles. The molecule has 12 nitrogen and oxygen atoms in total. The Bertz CT molecular complexity index is 1100. The Kier molecular flexibility index (Phi) is 9.08. The van der Waals surface area contributed by atoms with Gasteiger partial charge in [-0.25, -0.2) is 18.1 Å². The SMILES string of the molecule is CS(=O)(=O)NCCC1=C(C([O-])=S)N2C(=O)C(NC(=O)/C(=N\O)c3csc(N)n3)[C@H]2SC1.[Na+]. The fourth-order valence-electron chi connectivity index (χ4n) is 3.07. The number of rotatable bonds is 8. The monoisotopic (exact) mass is 528 g/mol. The van der Waals surface area contributed by atoms with Crippen LogP contribution in [0.5, 0.6) is 0 Å². The number of hydrogen-bond acceptors (Lipinski definition) is 12. The standard InChI is InChI=1S/C15H18N6O6S4.Na/c1-31(26,27)17-3-2-6-4-29-13-9(12(23)21(13)10(6)14(24)28)19-11(22)8(20-25)7-5-30-15(16)18-7;/h5,9,13,17,25H,2-4H2,1H3,(H2,16,18)(H,19,22)(H,24,28);/q;+1/p-1/b20-8-;/t9?,13-;/m1./s1. The Hall–Kier alpha value is -1.27. The van der Waals surface area contributed by atoms with Crippen molar-refractivity contribution >= 4 is 73.0 Å². The quantitative estimate of drug-likeness (QED) is 0.0636. The van der Waals surface area contributed by atoms with Crippen LogP contribution in [0.3, 0.4) is 0 Å². The second-order valence-corrected chi connectivity index (χ2v) is 10.7. The van der Waals surface area contributed by atoms with Crippen LogP contribution in [0.4, 0.5) is 5.13 Å². The second-order valence-electron chi connectivity index (χ2n) is 6.54. The molecule has 2 aliphatic rings. The third-order valence-electron chi connectivity index (χ3n) is 4.40. The number of hydrogen-bond donors (Lipinski definition) is 4. The van der Waals surface area contributed by atoms with Gasteiger partial charge in [-0.15, -0.1) is 23.1 Å². The van der Waals surface area contributed by atoms with Gasteiger partial charge in [0.05, 0.1) is 6.26 Å². The minimum atomic E-state index is -3.40. The first-order chi connectivity index (χ1) is 14.5. The number of thioether (sulfide) groups is 1. The fraction of sp³-hybridized carbons (Fsp3) is 0.400. The summed E-state index contributed by atoms with van der Waals surface area (Å²) in [5, 5.41) is 26.9. The number of carbonyl (C=O) groups excluding carboxylic acids is 2. The van der Waals surface area contributed by atoms with E-state index in [1.54, 1.807) is 0 Å². The number of carbonyl (C=O) groups is 2. The number of nitrogen functional groups attached to an aromatic ring is 1. The van der Waals surface area contributed by atoms with E-state index < -0.39 is 44.0 Å². The predicted octanol–water partition coefficient (Wildman–Crippen LogP) is -4.81. The van der Waals surface area contributed by atoms with E-state index in [2.05, 4.69) is 20.2 Å². The predicted molar refractivity (Wildman–Crippen MR) is 117 cm³/mol. The summed E-state index contributed by atoms with van der Waals surface area (Å²) in [5.41, 5.74) is 5.77. The van der Waals surface area contributed by atoms with Crippen molar-refractivity contribution in [2.45, 2.75) is 17.8 Å². The zero-order valence-corrected chi connectivity index (χ0v) is 22.2. The third-order valence-corrected chi connectivity index (χ3v) is 7.33. The van der Waals surface area contributed by atoms with Crippen LogP contribution in [0.2, 0.25) is 0 Å². The summed E-state index contributed by atoms with van der Waals surface area (Å²) in [7, 11) is -3.40. The van der Waals surface area contributed by atoms with Crippen LogP contribution in [-0.4, -0.2) is 76.1 Å². The first kappa shape index (κ1) is 27.0. The summed E-state index contributed by atoms with van der Waals surface area (Å²) in [6.07, 6.45) is 1.22. The molecule has 2 aliphatic heterocycles. The molecule has 0 bridgehead atoms. The number of thiazole rings is 1. The van der Waals surface area contributed by atoms with Gasteiger partial charge in [0.25, 0.3) is 11.8 Å². The molecule has 1 aromatic heterocycles. The Morgan fingerprint density at radius 2 is 2.22 bits per heavy atom. The first-order valence-corrected chi connectivity index (χ1v) is 12.8. The largest absolute Gasteiger partial charge is 1.00 e. The Morgan fingerprint density at radius 1 is 1.53 bits per heavy atom. The number of β-lactam (4-membered cyclic amide) rings is 1. The molecular formula is C15H17N6NaO6S4. The summed E-state index contributed by atoms with van der Waals surface area (Å²) in [6, 6.07) is -0.967. The van der Waals surface area contributed by atoms with Gasteiger partial charge in [-0.2, -0.15) is 0 Å². The number of nitrogens with zero attached hydrogens (tertiary/aromatic N) is 3. The molecule has 1 fully saturated rings. The third kappa shape index (κ3) is 5.80. The number of sulfonamides is 1. The van der Waals surface area contributed by atoms with Crippen LogP contribution in [0.1, 0.15) is 12.1 Å². The van der Waals surface area contributed by atoms with Crippen LogP contribution in [0.15, 0.2) is 21.8 Å². The summed E-state index contributed by atoms with van der Waals surface area (Å²) in [5.74, 6) is -1.06. The maximum Gasteiger partial charge on any atom is 1.00 e. The van der Waals surface area contributed by atoms with E-state index in [-0.39, 0.29) is 59.0 Å². The van der Waals surface area contributed by atoms with E-state index in [9.17, 15) is 28.3 Å². The van der Waals surface area contributed by atoms with Gasteiger partial charge in [0, 0.05) is 23.4 Å². The van der Waals surface area contributed by atoms with Crippen LogP contribution < -0.4 is 50.4 Å². The maximum absolute atomic E-state index is 12.7. The molecule has 0 aliphatic carbocycles. The van der Waals surface area contributed by atoms with Crippen LogP contribution >= 0.6 is 35.3 Å². The molecule has 1 saturated heterocycles. The molecule has 2 atom stereocenters. The Morgan fingerprint density at radius 3 is 2.75 bits per heavy atom. The van der Waals surface area contributed by atoms with Gasteiger partial charge < -0.3 is 21.4 Å². The molecule has 3 heterocycles. The van der Waals surface area contributed by atoms with E-state index in [0.717, 1.165) is 17.6 Å². The van der Waals surface area contributed by atoms with Gasteiger partial charge >= 0.3 is 29.6 Å². The van der Waals surface area contributed by atoms with Gasteiger partial charge in [-0.05, 0) is 17.0 Å². The van der Waals surface area contributed by atoms with Crippen molar-refractivity contribution in [1.82, 2.24) is 19.9 Å². The van der Waals surface area contributed by atoms with Gasteiger partial charge in [-0.1, -0.05) is 17.4 Å². The molecule has 17 heteroatoms. The number of oxime groups is 1. The van der Waals surface area contributed by atoms with E-state index in [0.29, 0.717) is 11.3 Å². The van der Waals surface area contributed by atoms with Crippen molar-refractivity contribution in [3.8, 4) is 0 Å². The van der Waals surface area contributed by atoms with E-state index in [1.807, 2.05) is 0 Å².